The molecule has 0 aliphatic carbocycles. The molecule has 0 saturated heterocycles. The summed E-state index contributed by atoms with van der Waals surface area (Å²) in [6, 6.07) is 20.8. The van der Waals surface area contributed by atoms with Gasteiger partial charge < -0.3 is 4.98 Å². The standard InChI is InChI=1S/C23H24N4O2S/c1-2-27(19-8-4-3-5-9-19)30(28,29)20-12-13-23(26-17-20)24-15-14-18-16-25-22-11-7-6-10-21(18)22/h3-13,16-17,25H,2,14-15H2,1H3,(H,24,26)/p+1. The van der Waals surface area contributed by atoms with Crippen molar-refractivity contribution < 1.29 is 13.4 Å². The number of nitrogens with one attached hydrogen (secondary N) is 3. The second-order valence-corrected chi connectivity index (χ2v) is 8.84. The zero-order valence-corrected chi connectivity index (χ0v) is 17.6. The maximum atomic E-state index is 13.1. The van der Waals surface area contributed by atoms with E-state index in [1.54, 1.807) is 24.3 Å². The number of aromatic amines is 2. The van der Waals surface area contributed by atoms with Gasteiger partial charge in [-0.05, 0) is 36.8 Å². The minimum Gasteiger partial charge on any atom is -0.361 e. The van der Waals surface area contributed by atoms with Crippen LogP contribution >= 0.6 is 0 Å². The van der Waals surface area contributed by atoms with Gasteiger partial charge in [0, 0.05) is 36.1 Å². The molecule has 4 rings (SSSR count). The Bertz CT molecular complexity index is 1220. The van der Waals surface area contributed by atoms with Crippen molar-refractivity contribution in [3.05, 3.63) is 84.7 Å². The topological polar surface area (TPSA) is 79.3 Å². The van der Waals surface area contributed by atoms with Crippen LogP contribution in [-0.2, 0) is 16.4 Å². The van der Waals surface area contributed by atoms with Gasteiger partial charge in [-0.15, -0.1) is 0 Å². The molecule has 7 heteroatoms. The SMILES string of the molecule is CCN(c1ccccc1)S(=O)(=O)c1ccc(NCCc2c[nH]c3ccccc23)[nH+]c1. The summed E-state index contributed by atoms with van der Waals surface area (Å²) in [7, 11) is -3.63. The fourth-order valence-corrected chi connectivity index (χ4v) is 5.01. The predicted molar refractivity (Wildman–Crippen MR) is 120 cm³/mol. The van der Waals surface area contributed by atoms with E-state index in [1.807, 2.05) is 43.5 Å². The lowest BCUT2D eigenvalue weighted by Gasteiger charge is -2.22. The first-order valence-corrected chi connectivity index (χ1v) is 11.4. The van der Waals surface area contributed by atoms with E-state index in [0.29, 0.717) is 12.2 Å². The van der Waals surface area contributed by atoms with Crippen molar-refractivity contribution in [1.82, 2.24) is 4.98 Å². The molecule has 0 aliphatic heterocycles. The molecule has 0 spiro atoms. The first kappa shape index (κ1) is 20.0. The summed E-state index contributed by atoms with van der Waals surface area (Å²) in [5.74, 6) is 0.775. The van der Waals surface area contributed by atoms with Crippen molar-refractivity contribution in [2.45, 2.75) is 18.2 Å². The highest BCUT2D eigenvalue weighted by Crippen LogP contribution is 2.23. The molecule has 0 unspecified atom stereocenters. The summed E-state index contributed by atoms with van der Waals surface area (Å²) in [5, 5.41) is 4.55. The summed E-state index contributed by atoms with van der Waals surface area (Å²) in [5.41, 5.74) is 3.03. The van der Waals surface area contributed by atoms with Crippen LogP contribution in [0.5, 0.6) is 0 Å². The van der Waals surface area contributed by atoms with Crippen molar-refractivity contribution in [2.24, 2.45) is 0 Å². The van der Waals surface area contributed by atoms with Gasteiger partial charge in [0.2, 0.25) is 0 Å². The lowest BCUT2D eigenvalue weighted by Crippen LogP contribution is -2.31. The van der Waals surface area contributed by atoms with Crippen molar-refractivity contribution in [3.8, 4) is 0 Å². The number of anilines is 2. The summed E-state index contributed by atoms with van der Waals surface area (Å²) >= 11 is 0. The maximum absolute atomic E-state index is 13.1. The average molecular weight is 422 g/mol. The molecule has 154 valence electrons. The number of sulfonamides is 1. The Morgan fingerprint density at radius 1 is 1.00 bits per heavy atom. The highest BCUT2D eigenvalue weighted by atomic mass is 32.2. The highest BCUT2D eigenvalue weighted by molar-refractivity contribution is 7.92. The third-order valence-electron chi connectivity index (χ3n) is 5.09. The van der Waals surface area contributed by atoms with Gasteiger partial charge in [0.25, 0.3) is 15.8 Å². The second kappa shape index (κ2) is 8.59. The van der Waals surface area contributed by atoms with E-state index in [4.69, 9.17) is 0 Å². The van der Waals surface area contributed by atoms with Crippen LogP contribution in [0.15, 0.2) is 84.0 Å². The Hall–Kier alpha value is -3.32. The van der Waals surface area contributed by atoms with Gasteiger partial charge in [-0.3, -0.25) is 9.62 Å². The number of pyridine rings is 1. The predicted octanol–water partition coefficient (Wildman–Crippen LogP) is 3.85. The fourth-order valence-electron chi connectivity index (χ4n) is 3.56. The summed E-state index contributed by atoms with van der Waals surface area (Å²) in [6.45, 7) is 2.92. The number of aromatic nitrogens is 2. The first-order chi connectivity index (χ1) is 14.6. The molecule has 2 aromatic carbocycles. The minimum absolute atomic E-state index is 0.232. The van der Waals surface area contributed by atoms with E-state index in [0.717, 1.165) is 24.3 Å². The number of fused-ring (bicyclic) bond motifs is 1. The molecule has 2 heterocycles. The van der Waals surface area contributed by atoms with E-state index < -0.39 is 10.0 Å². The van der Waals surface area contributed by atoms with Gasteiger partial charge in [0.15, 0.2) is 0 Å². The molecule has 30 heavy (non-hydrogen) atoms. The Morgan fingerprint density at radius 2 is 1.77 bits per heavy atom. The van der Waals surface area contributed by atoms with Crippen LogP contribution in [0.25, 0.3) is 10.9 Å². The molecule has 2 aromatic heterocycles. The molecule has 4 aromatic rings. The Labute approximate surface area is 176 Å². The second-order valence-electron chi connectivity index (χ2n) is 6.98. The summed E-state index contributed by atoms with van der Waals surface area (Å²) in [6.07, 6.45) is 4.43. The molecule has 0 bridgehead atoms. The number of hydrogen-bond acceptors (Lipinski definition) is 3. The quantitative estimate of drug-likeness (QED) is 0.453. The Kier molecular flexibility index (Phi) is 5.72. The normalized spacial score (nSPS) is 11.5. The fraction of sp³-hybridized carbons (Fsp3) is 0.174. The molecular formula is C23H25N4O2S+. The molecule has 0 atom stereocenters. The molecular weight excluding hydrogens is 396 g/mol. The van der Waals surface area contributed by atoms with Crippen molar-refractivity contribution in [1.29, 1.82) is 0 Å². The number of hydrogen-bond donors (Lipinski definition) is 2. The van der Waals surface area contributed by atoms with Gasteiger partial charge in [0.05, 0.1) is 12.2 Å². The van der Waals surface area contributed by atoms with Crippen molar-refractivity contribution >= 4 is 32.4 Å². The molecule has 3 N–H and O–H groups in total. The van der Waals surface area contributed by atoms with Crippen LogP contribution in [0.2, 0.25) is 0 Å². The number of benzene rings is 2. The van der Waals surface area contributed by atoms with Crippen molar-refractivity contribution in [2.75, 3.05) is 22.7 Å². The van der Waals surface area contributed by atoms with E-state index in [2.05, 4.69) is 27.4 Å². The van der Waals surface area contributed by atoms with Crippen LogP contribution in [0.1, 0.15) is 12.5 Å². The van der Waals surface area contributed by atoms with Crippen LogP contribution in [0.3, 0.4) is 0 Å². The van der Waals surface area contributed by atoms with Crippen LogP contribution in [0, 0.1) is 0 Å². The zero-order chi connectivity index (χ0) is 21.0. The van der Waals surface area contributed by atoms with Gasteiger partial charge in [0.1, 0.15) is 11.1 Å². The number of rotatable bonds is 8. The maximum Gasteiger partial charge on any atom is 0.272 e. The minimum atomic E-state index is -3.63. The lowest BCUT2D eigenvalue weighted by molar-refractivity contribution is -0.364. The third kappa shape index (κ3) is 4.02. The summed E-state index contributed by atoms with van der Waals surface area (Å²) < 4.78 is 27.5. The third-order valence-corrected chi connectivity index (χ3v) is 6.99. The van der Waals surface area contributed by atoms with Crippen LogP contribution in [0.4, 0.5) is 11.5 Å². The molecule has 0 aliphatic rings. The smallest absolute Gasteiger partial charge is 0.272 e. The number of para-hydroxylation sites is 2. The van der Waals surface area contributed by atoms with Crippen molar-refractivity contribution in [3.63, 3.8) is 0 Å². The van der Waals surface area contributed by atoms with E-state index in [9.17, 15) is 8.42 Å². The number of nitrogens with zero attached hydrogens (tertiary/aromatic N) is 1. The number of H-pyrrole nitrogens is 2. The Balaban J connectivity index is 1.43. The van der Waals surface area contributed by atoms with Gasteiger partial charge >= 0.3 is 0 Å². The Morgan fingerprint density at radius 3 is 2.50 bits per heavy atom. The van der Waals surface area contributed by atoms with E-state index in [1.165, 1.54) is 21.5 Å². The lowest BCUT2D eigenvalue weighted by atomic mass is 10.1. The zero-order valence-electron chi connectivity index (χ0n) is 16.8. The average Bonchev–Trinajstić information content (AvgIpc) is 3.18. The van der Waals surface area contributed by atoms with Gasteiger partial charge in [-0.2, -0.15) is 0 Å². The molecule has 6 nitrogen and oxygen atoms in total. The van der Waals surface area contributed by atoms with Crippen LogP contribution in [-0.4, -0.2) is 26.5 Å². The van der Waals surface area contributed by atoms with E-state index in [-0.39, 0.29) is 4.90 Å². The highest BCUT2D eigenvalue weighted by Gasteiger charge is 2.24. The van der Waals surface area contributed by atoms with Gasteiger partial charge in [-0.1, -0.05) is 36.4 Å². The van der Waals surface area contributed by atoms with E-state index >= 15 is 0 Å². The molecule has 0 amide bonds. The summed E-state index contributed by atoms with van der Waals surface area (Å²) in [4.78, 5) is 6.58. The largest absolute Gasteiger partial charge is 0.361 e. The molecule has 0 saturated carbocycles. The van der Waals surface area contributed by atoms with Gasteiger partial charge in [-0.25, -0.2) is 13.4 Å². The van der Waals surface area contributed by atoms with Crippen LogP contribution < -0.4 is 14.6 Å². The molecule has 0 radical (unpaired) electrons. The first-order valence-electron chi connectivity index (χ1n) is 9.98. The monoisotopic (exact) mass is 421 g/mol. The molecule has 0 fully saturated rings.